The molecule has 6 heteroatoms. The van der Waals surface area contributed by atoms with Gasteiger partial charge in [-0.1, -0.05) is 20.8 Å². The largest absolute Gasteiger partial charge is 0.309 e. The second-order valence-electron chi connectivity index (χ2n) is 6.24. The number of thiazole rings is 1. The van der Waals surface area contributed by atoms with E-state index >= 15 is 0 Å². The number of rotatable bonds is 4. The summed E-state index contributed by atoms with van der Waals surface area (Å²) >= 11 is 1.76. The first-order valence-electron chi connectivity index (χ1n) is 7.18. The number of hydrogen-bond acceptors (Lipinski definition) is 5. The minimum atomic E-state index is 0.299. The molecular formula is C14H21N5S. The van der Waals surface area contributed by atoms with Crippen molar-refractivity contribution < 1.29 is 0 Å². The van der Waals surface area contributed by atoms with Crippen molar-refractivity contribution in [1.82, 2.24) is 25.7 Å². The molecule has 0 saturated carbocycles. The summed E-state index contributed by atoms with van der Waals surface area (Å²) in [6.07, 6.45) is 5.10. The molecule has 108 valence electrons. The summed E-state index contributed by atoms with van der Waals surface area (Å²) in [7, 11) is 0. The minimum absolute atomic E-state index is 0.299. The van der Waals surface area contributed by atoms with E-state index in [0.29, 0.717) is 11.5 Å². The van der Waals surface area contributed by atoms with Crippen LogP contribution in [0.15, 0.2) is 6.20 Å². The maximum Gasteiger partial charge on any atom is 0.145 e. The van der Waals surface area contributed by atoms with Crippen LogP contribution in [0.5, 0.6) is 0 Å². The van der Waals surface area contributed by atoms with E-state index in [0.717, 1.165) is 30.1 Å². The third-order valence-electron chi connectivity index (χ3n) is 3.72. The lowest BCUT2D eigenvalue weighted by atomic mass is 9.76. The molecule has 1 aliphatic rings. The van der Waals surface area contributed by atoms with E-state index in [1.54, 1.807) is 17.5 Å². The van der Waals surface area contributed by atoms with Crippen molar-refractivity contribution in [2.45, 2.75) is 46.1 Å². The molecule has 1 atom stereocenters. The molecule has 0 bridgehead atoms. The van der Waals surface area contributed by atoms with Crippen LogP contribution < -0.4 is 5.32 Å². The van der Waals surface area contributed by atoms with E-state index in [9.17, 15) is 0 Å². The molecule has 0 radical (unpaired) electrons. The second kappa shape index (κ2) is 5.26. The molecule has 20 heavy (non-hydrogen) atoms. The van der Waals surface area contributed by atoms with Gasteiger partial charge in [-0.25, -0.2) is 4.98 Å². The van der Waals surface area contributed by atoms with E-state index in [1.807, 2.05) is 0 Å². The highest BCUT2D eigenvalue weighted by Gasteiger charge is 2.35. The molecule has 1 unspecified atom stereocenters. The van der Waals surface area contributed by atoms with Crippen LogP contribution >= 0.6 is 11.3 Å². The van der Waals surface area contributed by atoms with Crippen LogP contribution in [0.3, 0.4) is 0 Å². The van der Waals surface area contributed by atoms with Crippen LogP contribution in [-0.2, 0) is 6.42 Å². The summed E-state index contributed by atoms with van der Waals surface area (Å²) in [5.74, 6) is 0. The molecule has 3 rings (SSSR count). The third kappa shape index (κ3) is 2.62. The molecule has 2 aromatic rings. The fourth-order valence-electron chi connectivity index (χ4n) is 2.83. The van der Waals surface area contributed by atoms with Gasteiger partial charge in [-0.3, -0.25) is 0 Å². The van der Waals surface area contributed by atoms with E-state index in [1.165, 1.54) is 17.0 Å². The van der Waals surface area contributed by atoms with Gasteiger partial charge in [0.15, 0.2) is 0 Å². The molecule has 0 aromatic carbocycles. The SMILES string of the molecule is CCCNC1CC(C)(C)Cc2nc(-c3cn[nH]n3)sc21. The highest BCUT2D eigenvalue weighted by Crippen LogP contribution is 2.44. The van der Waals surface area contributed by atoms with Gasteiger partial charge in [0.1, 0.15) is 10.7 Å². The van der Waals surface area contributed by atoms with Crippen molar-refractivity contribution in [2.24, 2.45) is 5.41 Å². The molecule has 0 spiro atoms. The number of nitrogens with zero attached hydrogens (tertiary/aromatic N) is 3. The Kier molecular flexibility index (Phi) is 3.60. The summed E-state index contributed by atoms with van der Waals surface area (Å²) in [6, 6.07) is 0.423. The molecule has 0 aliphatic heterocycles. The Balaban J connectivity index is 1.94. The first kappa shape index (κ1) is 13.7. The zero-order chi connectivity index (χ0) is 14.2. The van der Waals surface area contributed by atoms with Gasteiger partial charge in [-0.2, -0.15) is 15.4 Å². The first-order chi connectivity index (χ1) is 9.59. The summed E-state index contributed by atoms with van der Waals surface area (Å²) in [4.78, 5) is 6.19. The maximum atomic E-state index is 4.80. The van der Waals surface area contributed by atoms with Crippen molar-refractivity contribution in [2.75, 3.05) is 6.54 Å². The molecule has 0 amide bonds. The topological polar surface area (TPSA) is 66.5 Å². The Morgan fingerprint density at radius 2 is 2.35 bits per heavy atom. The smallest absolute Gasteiger partial charge is 0.145 e. The fourth-order valence-corrected chi connectivity index (χ4v) is 3.94. The fraction of sp³-hybridized carbons (Fsp3) is 0.643. The standard InChI is InChI=1S/C14H21N5S/c1-4-5-15-9-6-14(2,3)7-10-12(9)20-13(17-10)11-8-16-19-18-11/h8-9,15H,4-7H2,1-3H3,(H,16,18,19). The lowest BCUT2D eigenvalue weighted by Gasteiger charge is -2.34. The number of nitrogens with one attached hydrogen (secondary N) is 2. The lowest BCUT2D eigenvalue weighted by molar-refractivity contribution is 0.258. The Hall–Kier alpha value is -1.27. The Morgan fingerprint density at radius 1 is 1.50 bits per heavy atom. The summed E-state index contributed by atoms with van der Waals surface area (Å²) in [5.41, 5.74) is 2.38. The van der Waals surface area contributed by atoms with Crippen molar-refractivity contribution in [3.63, 3.8) is 0 Å². The van der Waals surface area contributed by atoms with Gasteiger partial charge < -0.3 is 5.32 Å². The Morgan fingerprint density at radius 3 is 3.05 bits per heavy atom. The van der Waals surface area contributed by atoms with Crippen LogP contribution in [0.4, 0.5) is 0 Å². The number of hydrogen-bond donors (Lipinski definition) is 2. The second-order valence-corrected chi connectivity index (χ2v) is 7.27. The average Bonchev–Trinajstić information content (AvgIpc) is 3.02. The van der Waals surface area contributed by atoms with E-state index < -0.39 is 0 Å². The lowest BCUT2D eigenvalue weighted by Crippen LogP contribution is -2.33. The van der Waals surface area contributed by atoms with Crippen molar-refractivity contribution >= 4 is 11.3 Å². The zero-order valence-corrected chi connectivity index (χ0v) is 13.0. The molecule has 2 N–H and O–H groups in total. The van der Waals surface area contributed by atoms with Gasteiger partial charge in [0, 0.05) is 10.9 Å². The van der Waals surface area contributed by atoms with Crippen molar-refractivity contribution in [1.29, 1.82) is 0 Å². The maximum absolute atomic E-state index is 4.80. The summed E-state index contributed by atoms with van der Waals surface area (Å²) in [5, 5.41) is 15.3. The number of fused-ring (bicyclic) bond motifs is 1. The predicted octanol–water partition coefficient (Wildman–Crippen LogP) is 2.94. The molecule has 5 nitrogen and oxygen atoms in total. The zero-order valence-electron chi connectivity index (χ0n) is 12.2. The van der Waals surface area contributed by atoms with Gasteiger partial charge in [0.2, 0.25) is 0 Å². The Labute approximate surface area is 123 Å². The normalized spacial score (nSPS) is 20.9. The molecule has 2 aromatic heterocycles. The molecule has 2 heterocycles. The number of aromatic nitrogens is 4. The quantitative estimate of drug-likeness (QED) is 0.909. The molecule has 1 aliphatic carbocycles. The third-order valence-corrected chi connectivity index (χ3v) is 4.96. The Bertz CT molecular complexity index is 572. The monoisotopic (exact) mass is 291 g/mol. The number of H-pyrrole nitrogens is 1. The van der Waals surface area contributed by atoms with E-state index in [4.69, 9.17) is 4.98 Å². The van der Waals surface area contributed by atoms with Gasteiger partial charge in [-0.05, 0) is 31.2 Å². The van der Waals surface area contributed by atoms with Gasteiger partial charge in [0.25, 0.3) is 0 Å². The van der Waals surface area contributed by atoms with Crippen molar-refractivity contribution in [3.05, 3.63) is 16.8 Å². The first-order valence-corrected chi connectivity index (χ1v) is 8.00. The van der Waals surface area contributed by atoms with Crippen LogP contribution in [-0.4, -0.2) is 26.9 Å². The summed E-state index contributed by atoms with van der Waals surface area (Å²) in [6.45, 7) is 7.91. The average molecular weight is 291 g/mol. The minimum Gasteiger partial charge on any atom is -0.309 e. The molecule has 0 saturated heterocycles. The van der Waals surface area contributed by atoms with Crippen LogP contribution in [0.2, 0.25) is 0 Å². The molecule has 0 fully saturated rings. The number of aromatic amines is 1. The summed E-state index contributed by atoms with van der Waals surface area (Å²) < 4.78 is 0. The van der Waals surface area contributed by atoms with Crippen LogP contribution in [0.1, 0.15) is 50.2 Å². The van der Waals surface area contributed by atoms with Gasteiger partial charge in [0.05, 0.1) is 11.9 Å². The predicted molar refractivity (Wildman–Crippen MR) is 80.6 cm³/mol. The van der Waals surface area contributed by atoms with E-state index in [2.05, 4.69) is 41.5 Å². The van der Waals surface area contributed by atoms with Gasteiger partial charge in [-0.15, -0.1) is 11.3 Å². The highest BCUT2D eigenvalue weighted by atomic mass is 32.1. The highest BCUT2D eigenvalue weighted by molar-refractivity contribution is 7.15. The van der Waals surface area contributed by atoms with Crippen LogP contribution in [0, 0.1) is 5.41 Å². The van der Waals surface area contributed by atoms with Gasteiger partial charge >= 0.3 is 0 Å². The van der Waals surface area contributed by atoms with Crippen LogP contribution in [0.25, 0.3) is 10.7 Å². The van der Waals surface area contributed by atoms with E-state index in [-0.39, 0.29) is 0 Å². The van der Waals surface area contributed by atoms with Crippen molar-refractivity contribution in [3.8, 4) is 10.7 Å². The molecular weight excluding hydrogens is 270 g/mol.